The number of nitrogens with one attached hydrogen (secondary N) is 1. The first-order chi connectivity index (χ1) is 28.6. The number of hydrogen-bond acceptors (Lipinski definition) is 15. The Bertz CT molecular complexity index is 2190. The van der Waals surface area contributed by atoms with Crippen LogP contribution in [0.25, 0.3) is 30.1 Å². The molecule has 328 valence electrons. The summed E-state index contributed by atoms with van der Waals surface area (Å²) in [5.41, 5.74) is 1.52. The number of ether oxygens (including phenoxy) is 2. The van der Waals surface area contributed by atoms with Crippen molar-refractivity contribution >= 4 is 123 Å². The standard InChI is InChI=1S/C19H9NO2S4.C10H18O4.C7H5NS2.C5H12O.C4H9O.K/c21-9-5-8(12-6-13-10(25-12)1-3-23-13)16-17(9)18(20-19(16)22)15-7-14-11(26-15)2-4-24-14;1-7(2)13-9(11)5-6-10(12)14-8(3)4;8-4-5-3-7-6(10-5)1-2-9-7;1-4-5(2,3)6;1-4(2,3)5;/h1-4,6-7H,5H2,(H,20,22);7-8H,5-6H2,1-4H3;1-3,6-7H;6H,4H2,1-3H3;1-3H3;/q;;;;-1;+1. The van der Waals surface area contributed by atoms with Gasteiger partial charge in [-0.2, -0.15) is 5.26 Å². The molecule has 0 aromatic carbocycles. The molecule has 0 saturated carbocycles. The molecule has 3 aliphatic heterocycles. The second-order valence-corrected chi connectivity index (χ2v) is 22.6. The molecular formula is C45H53KN2O8S6. The van der Waals surface area contributed by atoms with Crippen molar-refractivity contribution in [1.29, 1.82) is 5.26 Å². The van der Waals surface area contributed by atoms with Crippen molar-refractivity contribution in [3.8, 4) is 6.07 Å². The van der Waals surface area contributed by atoms with Crippen molar-refractivity contribution in [2.45, 2.75) is 129 Å². The third-order valence-corrected chi connectivity index (χ3v) is 15.1. The van der Waals surface area contributed by atoms with Gasteiger partial charge in [0.2, 0.25) is 0 Å². The van der Waals surface area contributed by atoms with Gasteiger partial charge in [-0.15, -0.1) is 74.5 Å². The van der Waals surface area contributed by atoms with Crippen LogP contribution < -0.4 is 61.8 Å². The average molecular weight is 981 g/mol. The van der Waals surface area contributed by atoms with Crippen LogP contribution in [-0.2, 0) is 28.7 Å². The molecule has 1 aliphatic carbocycles. The van der Waals surface area contributed by atoms with Gasteiger partial charge < -0.3 is 25.0 Å². The topological polar surface area (TPSA) is 166 Å². The molecule has 1 amide bonds. The smallest absolute Gasteiger partial charge is 0.850 e. The van der Waals surface area contributed by atoms with Gasteiger partial charge in [-0.05, 0) is 100 Å². The molecule has 4 aromatic heterocycles. The van der Waals surface area contributed by atoms with Crippen LogP contribution in [-0.4, -0.2) is 62.6 Å². The quantitative estimate of drug-likeness (QED) is 0.132. The molecule has 0 bridgehead atoms. The zero-order valence-corrected chi connectivity index (χ0v) is 45.1. The third kappa shape index (κ3) is 16.8. The van der Waals surface area contributed by atoms with Gasteiger partial charge in [-0.25, -0.2) is 0 Å². The predicted molar refractivity (Wildman–Crippen MR) is 255 cm³/mol. The van der Waals surface area contributed by atoms with E-state index in [-0.39, 0.29) is 100 Å². The molecule has 8 rings (SSSR count). The molecule has 0 spiro atoms. The van der Waals surface area contributed by atoms with Crippen LogP contribution in [0.2, 0.25) is 0 Å². The number of ketones is 1. The first-order valence-electron chi connectivity index (χ1n) is 19.8. The van der Waals surface area contributed by atoms with Crippen molar-refractivity contribution in [3.05, 3.63) is 78.4 Å². The molecule has 0 fully saturated rings. The molecule has 4 aromatic rings. The van der Waals surface area contributed by atoms with E-state index in [0.717, 1.165) is 26.7 Å². The summed E-state index contributed by atoms with van der Waals surface area (Å²) in [7, 11) is 0. The van der Waals surface area contributed by atoms with Gasteiger partial charge in [0.25, 0.3) is 5.91 Å². The molecule has 10 nitrogen and oxygen atoms in total. The molecule has 4 aliphatic rings. The van der Waals surface area contributed by atoms with Crippen molar-refractivity contribution in [2.24, 2.45) is 0 Å². The monoisotopic (exact) mass is 980 g/mol. The van der Waals surface area contributed by atoms with E-state index in [2.05, 4.69) is 64.0 Å². The predicted octanol–water partition coefficient (Wildman–Crippen LogP) is 7.63. The third-order valence-electron chi connectivity index (χ3n) is 8.36. The molecule has 2 unspecified atom stereocenters. The SMILES string of the molecule is CC(C)(C)[O-].CC(C)OC(=O)CCC(=O)OC(C)C.CCC(C)(C)O.N#CC1=CC2SC=CC2S1.O=C1CC(c2cc3sccc3s2)=C2C(=O)NC(c3cc4sccc4s3)=C12.[K+]. The summed E-state index contributed by atoms with van der Waals surface area (Å²) in [4.78, 5) is 50.4. The molecular weight excluding hydrogens is 928 g/mol. The molecule has 7 heterocycles. The number of amides is 1. The van der Waals surface area contributed by atoms with Gasteiger partial charge in [0.05, 0.1) is 57.3 Å². The number of Topliss-reactive ketones (excluding diaryl/α,β-unsaturated/α-hetero) is 1. The van der Waals surface area contributed by atoms with Gasteiger partial charge in [0, 0.05) is 40.6 Å². The summed E-state index contributed by atoms with van der Waals surface area (Å²) < 4.78 is 14.5. The maximum Gasteiger partial charge on any atom is 1.00 e. The van der Waals surface area contributed by atoms with Crippen molar-refractivity contribution < 1.29 is 90.2 Å². The van der Waals surface area contributed by atoms with Crippen LogP contribution in [0.1, 0.15) is 105 Å². The Morgan fingerprint density at radius 1 is 0.887 bits per heavy atom. The Morgan fingerprint density at radius 2 is 1.39 bits per heavy atom. The summed E-state index contributed by atoms with van der Waals surface area (Å²) in [5.74, 6) is -0.831. The van der Waals surface area contributed by atoms with Gasteiger partial charge in [0.15, 0.2) is 5.78 Å². The number of rotatable bonds is 8. The van der Waals surface area contributed by atoms with Gasteiger partial charge >= 0.3 is 63.3 Å². The number of nitrogens with zero attached hydrogens (tertiary/aromatic N) is 1. The van der Waals surface area contributed by atoms with Gasteiger partial charge in [-0.3, -0.25) is 19.2 Å². The van der Waals surface area contributed by atoms with E-state index < -0.39 is 11.2 Å². The number of thioether (sulfide) groups is 2. The molecule has 0 radical (unpaired) electrons. The minimum atomic E-state index is -0.750. The zero-order chi connectivity index (χ0) is 45.2. The van der Waals surface area contributed by atoms with E-state index >= 15 is 0 Å². The maximum absolute atomic E-state index is 12.8. The zero-order valence-electron chi connectivity index (χ0n) is 37.0. The Balaban J connectivity index is 0.000000240. The Hall–Kier alpha value is -1.89. The van der Waals surface area contributed by atoms with Crippen molar-refractivity contribution in [2.75, 3.05) is 0 Å². The summed E-state index contributed by atoms with van der Waals surface area (Å²) in [6, 6.07) is 10.5. The van der Waals surface area contributed by atoms with Gasteiger partial charge in [-0.1, -0.05) is 33.8 Å². The number of carbonyl (C=O) groups excluding carboxylic acids is 4. The minimum Gasteiger partial charge on any atom is -0.850 e. The summed E-state index contributed by atoms with van der Waals surface area (Å²) in [6.45, 7) is 17.5. The maximum atomic E-state index is 12.8. The van der Waals surface area contributed by atoms with Crippen LogP contribution in [0.3, 0.4) is 0 Å². The van der Waals surface area contributed by atoms with Crippen molar-refractivity contribution in [1.82, 2.24) is 5.32 Å². The fraction of sp³-hybridized carbons (Fsp3) is 0.444. The number of hydrogen-bond donors (Lipinski definition) is 2. The van der Waals surface area contributed by atoms with Crippen LogP contribution in [0, 0.1) is 11.3 Å². The fourth-order valence-corrected chi connectivity index (χ4v) is 12.1. The normalized spacial score (nSPS) is 17.4. The first kappa shape index (κ1) is 54.4. The summed E-state index contributed by atoms with van der Waals surface area (Å²) in [5, 5.41) is 37.8. The van der Waals surface area contributed by atoms with E-state index in [1.54, 1.807) is 131 Å². The largest absolute Gasteiger partial charge is 1.00 e. The molecule has 2 atom stereocenters. The first-order valence-corrected chi connectivity index (χ1v) is 25.0. The van der Waals surface area contributed by atoms with E-state index in [1.807, 2.05) is 6.92 Å². The Morgan fingerprint density at radius 3 is 1.84 bits per heavy atom. The van der Waals surface area contributed by atoms with Crippen LogP contribution in [0.4, 0.5) is 0 Å². The number of esters is 2. The summed E-state index contributed by atoms with van der Waals surface area (Å²) in [6.07, 6.45) is 5.27. The van der Waals surface area contributed by atoms with E-state index in [4.69, 9.17) is 19.8 Å². The van der Waals surface area contributed by atoms with E-state index in [0.29, 0.717) is 33.8 Å². The van der Waals surface area contributed by atoms with E-state index in [1.165, 1.54) is 18.8 Å². The number of thiophene rings is 4. The Kier molecular flexibility index (Phi) is 21.6. The van der Waals surface area contributed by atoms with Crippen LogP contribution in [0.5, 0.6) is 0 Å². The fourth-order valence-electron chi connectivity index (χ4n) is 5.47. The number of fused-ring (bicyclic) bond motifs is 4. The second-order valence-electron chi connectivity index (χ2n) is 16.2. The van der Waals surface area contributed by atoms with Crippen LogP contribution in [0.15, 0.2) is 68.6 Å². The molecule has 17 heteroatoms. The minimum absolute atomic E-state index is 0. The number of carbonyl (C=O) groups is 4. The number of nitriles is 1. The Labute approximate surface area is 431 Å². The number of allylic oxidation sites excluding steroid dienone is 2. The second kappa shape index (κ2) is 24.6. The molecule has 2 N–H and O–H groups in total. The van der Waals surface area contributed by atoms with Crippen LogP contribution >= 0.6 is 68.9 Å². The molecule has 0 saturated heterocycles. The average Bonchev–Trinajstić information content (AvgIpc) is 3.98. The summed E-state index contributed by atoms with van der Waals surface area (Å²) >= 11 is 10.1. The number of aliphatic hydroxyl groups is 1. The molecule has 62 heavy (non-hydrogen) atoms. The van der Waals surface area contributed by atoms with Crippen molar-refractivity contribution in [3.63, 3.8) is 0 Å². The van der Waals surface area contributed by atoms with E-state index in [9.17, 15) is 24.3 Å². The van der Waals surface area contributed by atoms with Gasteiger partial charge in [0.1, 0.15) is 6.07 Å².